The van der Waals surface area contributed by atoms with Crippen molar-refractivity contribution in [1.29, 1.82) is 0 Å². The molecule has 0 atom stereocenters. The van der Waals surface area contributed by atoms with Crippen LogP contribution in [0.15, 0.2) is 23.1 Å². The Morgan fingerprint density at radius 2 is 2.06 bits per heavy atom. The van der Waals surface area contributed by atoms with Gasteiger partial charge in [0, 0.05) is 5.02 Å². The molecule has 1 aromatic carbocycles. The summed E-state index contributed by atoms with van der Waals surface area (Å²) in [6.45, 7) is -1.07. The fourth-order valence-corrected chi connectivity index (χ4v) is 2.77. The fraction of sp³-hybridized carbons (Fsp3) is 0.400. The molecule has 1 rings (SSSR count). The van der Waals surface area contributed by atoms with Gasteiger partial charge in [0.25, 0.3) is 5.92 Å². The number of hydrogen-bond acceptors (Lipinski definition) is 3. The van der Waals surface area contributed by atoms with Crippen LogP contribution in [0.2, 0.25) is 5.02 Å². The van der Waals surface area contributed by atoms with E-state index >= 15 is 0 Å². The number of benzene rings is 1. The maximum Gasteiger partial charge on any atom is 0.283 e. The minimum absolute atomic E-state index is 0.163. The van der Waals surface area contributed by atoms with Crippen LogP contribution in [-0.2, 0) is 10.0 Å². The van der Waals surface area contributed by atoms with Crippen LogP contribution in [0.4, 0.5) is 8.78 Å². The molecule has 0 aliphatic heterocycles. The summed E-state index contributed by atoms with van der Waals surface area (Å²) in [4.78, 5) is -0.163. The molecule has 0 aliphatic carbocycles. The lowest BCUT2D eigenvalue weighted by atomic mass is 10.2. The molecule has 8 heteroatoms. The highest BCUT2D eigenvalue weighted by Crippen LogP contribution is 2.20. The third-order valence-corrected chi connectivity index (χ3v) is 3.97. The van der Waals surface area contributed by atoms with Crippen molar-refractivity contribution < 1.29 is 22.3 Å². The summed E-state index contributed by atoms with van der Waals surface area (Å²) < 4.78 is 50.9. The molecule has 0 aliphatic rings. The molecular weight excluding hydrogens is 288 g/mol. The van der Waals surface area contributed by atoms with E-state index in [2.05, 4.69) is 0 Å². The smallest absolute Gasteiger partial charge is 0.283 e. The summed E-state index contributed by atoms with van der Waals surface area (Å²) in [5, 5.41) is 8.54. The van der Waals surface area contributed by atoms with E-state index in [-0.39, 0.29) is 9.92 Å². The SMILES string of the molecule is Cc1ccc(Cl)cc1S(=O)(=O)NCC(F)(F)CO. The van der Waals surface area contributed by atoms with Crippen LogP contribution in [-0.4, -0.2) is 32.6 Å². The third kappa shape index (κ3) is 3.88. The third-order valence-electron chi connectivity index (χ3n) is 2.19. The average Bonchev–Trinajstić information content (AvgIpc) is 2.30. The molecule has 0 heterocycles. The van der Waals surface area contributed by atoms with E-state index in [1.165, 1.54) is 25.1 Å². The summed E-state index contributed by atoms with van der Waals surface area (Å²) in [7, 11) is -4.08. The zero-order valence-corrected chi connectivity index (χ0v) is 11.0. The van der Waals surface area contributed by atoms with Crippen molar-refractivity contribution in [2.75, 3.05) is 13.2 Å². The van der Waals surface area contributed by atoms with Crippen molar-refractivity contribution in [2.24, 2.45) is 0 Å². The number of aliphatic hydroxyl groups is 1. The topological polar surface area (TPSA) is 66.4 Å². The summed E-state index contributed by atoms with van der Waals surface area (Å²) >= 11 is 5.66. The van der Waals surface area contributed by atoms with Gasteiger partial charge >= 0.3 is 0 Å². The first-order chi connectivity index (χ1) is 8.18. The molecular formula is C10H12ClF2NO3S. The van der Waals surface area contributed by atoms with Gasteiger partial charge < -0.3 is 5.11 Å². The molecule has 18 heavy (non-hydrogen) atoms. The van der Waals surface area contributed by atoms with Gasteiger partial charge in [-0.3, -0.25) is 0 Å². The van der Waals surface area contributed by atoms with Gasteiger partial charge in [-0.1, -0.05) is 17.7 Å². The second-order valence-electron chi connectivity index (χ2n) is 3.75. The summed E-state index contributed by atoms with van der Waals surface area (Å²) in [6.07, 6.45) is 0. The van der Waals surface area contributed by atoms with Crippen molar-refractivity contribution in [2.45, 2.75) is 17.7 Å². The van der Waals surface area contributed by atoms with E-state index in [0.717, 1.165) is 0 Å². The summed E-state index contributed by atoms with van der Waals surface area (Å²) in [5.74, 6) is -3.50. The zero-order chi connectivity index (χ0) is 14.0. The predicted octanol–water partition coefficient (Wildman–Crippen LogP) is 1.55. The number of aryl methyl sites for hydroxylation is 1. The highest BCUT2D eigenvalue weighted by Gasteiger charge is 2.30. The van der Waals surface area contributed by atoms with Crippen LogP contribution < -0.4 is 4.72 Å². The van der Waals surface area contributed by atoms with E-state index in [4.69, 9.17) is 16.7 Å². The highest BCUT2D eigenvalue weighted by atomic mass is 35.5. The van der Waals surface area contributed by atoms with E-state index in [1.807, 2.05) is 0 Å². The molecule has 0 spiro atoms. The van der Waals surface area contributed by atoms with Gasteiger partial charge in [0.2, 0.25) is 10.0 Å². The van der Waals surface area contributed by atoms with E-state index in [0.29, 0.717) is 5.56 Å². The van der Waals surface area contributed by atoms with Gasteiger partial charge in [0.15, 0.2) is 0 Å². The Morgan fingerprint density at radius 3 is 2.61 bits per heavy atom. The predicted molar refractivity (Wildman–Crippen MR) is 63.4 cm³/mol. The van der Waals surface area contributed by atoms with Crippen molar-refractivity contribution >= 4 is 21.6 Å². The quantitative estimate of drug-likeness (QED) is 0.867. The van der Waals surface area contributed by atoms with Crippen LogP contribution in [0.3, 0.4) is 0 Å². The minimum Gasteiger partial charge on any atom is -0.390 e. The first-order valence-corrected chi connectivity index (χ1v) is 6.78. The Labute approximate surface area is 109 Å². The van der Waals surface area contributed by atoms with Gasteiger partial charge in [0.1, 0.15) is 6.61 Å². The number of sulfonamides is 1. The van der Waals surface area contributed by atoms with Crippen molar-refractivity contribution in [3.63, 3.8) is 0 Å². The van der Waals surface area contributed by atoms with Crippen LogP contribution in [0.25, 0.3) is 0 Å². The molecule has 0 amide bonds. The largest absolute Gasteiger partial charge is 0.390 e. The second-order valence-corrected chi connectivity index (χ2v) is 5.92. The number of hydrogen-bond donors (Lipinski definition) is 2. The molecule has 0 saturated heterocycles. The molecule has 0 bridgehead atoms. The summed E-state index contributed by atoms with van der Waals surface area (Å²) in [6, 6.07) is 4.15. The normalized spacial score (nSPS) is 12.7. The molecule has 0 radical (unpaired) electrons. The summed E-state index contributed by atoms with van der Waals surface area (Å²) in [5.41, 5.74) is 0.388. The van der Waals surface area contributed by atoms with Gasteiger partial charge in [-0.15, -0.1) is 0 Å². The Balaban J connectivity index is 2.97. The molecule has 0 aromatic heterocycles. The molecule has 1 aromatic rings. The first-order valence-electron chi connectivity index (χ1n) is 4.92. The van der Waals surface area contributed by atoms with Crippen LogP contribution >= 0.6 is 11.6 Å². The number of nitrogens with one attached hydrogen (secondary N) is 1. The Morgan fingerprint density at radius 1 is 1.44 bits per heavy atom. The first kappa shape index (κ1) is 15.3. The van der Waals surface area contributed by atoms with E-state index in [9.17, 15) is 17.2 Å². The second kappa shape index (κ2) is 5.48. The molecule has 4 nitrogen and oxygen atoms in total. The van der Waals surface area contributed by atoms with Gasteiger partial charge in [-0.05, 0) is 24.6 Å². The number of alkyl halides is 2. The van der Waals surface area contributed by atoms with Crippen LogP contribution in [0, 0.1) is 6.92 Å². The van der Waals surface area contributed by atoms with Crippen LogP contribution in [0.1, 0.15) is 5.56 Å². The zero-order valence-electron chi connectivity index (χ0n) is 9.45. The van der Waals surface area contributed by atoms with Gasteiger partial charge in [-0.2, -0.15) is 0 Å². The average molecular weight is 300 g/mol. The molecule has 2 N–H and O–H groups in total. The van der Waals surface area contributed by atoms with Crippen molar-refractivity contribution in [1.82, 2.24) is 4.72 Å². The molecule has 0 fully saturated rings. The molecule has 102 valence electrons. The Kier molecular flexibility index (Phi) is 4.66. The lowest BCUT2D eigenvalue weighted by Gasteiger charge is -2.15. The maximum absolute atomic E-state index is 12.8. The number of rotatable bonds is 5. The molecule has 0 unspecified atom stereocenters. The number of aliphatic hydroxyl groups excluding tert-OH is 1. The van der Waals surface area contributed by atoms with E-state index in [1.54, 1.807) is 4.72 Å². The van der Waals surface area contributed by atoms with E-state index < -0.39 is 29.1 Å². The monoisotopic (exact) mass is 299 g/mol. The highest BCUT2D eigenvalue weighted by molar-refractivity contribution is 7.89. The number of halogens is 3. The Bertz CT molecular complexity index is 534. The standard InChI is InChI=1S/C10H12ClF2NO3S/c1-7-2-3-8(11)4-9(7)18(16,17)14-5-10(12,13)6-15/h2-4,14-15H,5-6H2,1H3. The van der Waals surface area contributed by atoms with Gasteiger partial charge in [0.05, 0.1) is 11.4 Å². The minimum atomic E-state index is -4.08. The lowest BCUT2D eigenvalue weighted by Crippen LogP contribution is -2.39. The van der Waals surface area contributed by atoms with Crippen molar-refractivity contribution in [3.8, 4) is 0 Å². The van der Waals surface area contributed by atoms with Gasteiger partial charge in [-0.25, -0.2) is 21.9 Å². The van der Waals surface area contributed by atoms with Crippen molar-refractivity contribution in [3.05, 3.63) is 28.8 Å². The van der Waals surface area contributed by atoms with Crippen LogP contribution in [0.5, 0.6) is 0 Å². The Hall–Kier alpha value is -0.760. The maximum atomic E-state index is 12.8. The lowest BCUT2D eigenvalue weighted by molar-refractivity contribution is -0.0437. The molecule has 0 saturated carbocycles. The fourth-order valence-electron chi connectivity index (χ4n) is 1.20.